The van der Waals surface area contributed by atoms with E-state index in [9.17, 15) is 18.3 Å². The van der Waals surface area contributed by atoms with Gasteiger partial charge < -0.3 is 10.0 Å². The highest BCUT2D eigenvalue weighted by molar-refractivity contribution is 7.90. The van der Waals surface area contributed by atoms with Gasteiger partial charge in [-0.25, -0.2) is 12.4 Å². The number of piperidine rings is 1. The Labute approximate surface area is 199 Å². The zero-order chi connectivity index (χ0) is 23.7. The Balaban J connectivity index is 1.51. The highest BCUT2D eigenvalue weighted by Gasteiger charge is 2.28. The van der Waals surface area contributed by atoms with E-state index in [4.69, 9.17) is 0 Å². The minimum atomic E-state index is -3.88. The van der Waals surface area contributed by atoms with Crippen molar-refractivity contribution < 1.29 is 18.3 Å². The van der Waals surface area contributed by atoms with Gasteiger partial charge in [0.1, 0.15) is 0 Å². The summed E-state index contributed by atoms with van der Waals surface area (Å²) < 4.78 is 28.5. The first-order valence-corrected chi connectivity index (χ1v) is 12.9. The van der Waals surface area contributed by atoms with Crippen LogP contribution in [0.1, 0.15) is 29.6 Å². The van der Waals surface area contributed by atoms with Gasteiger partial charge >= 0.3 is 0 Å². The van der Waals surface area contributed by atoms with Crippen molar-refractivity contribution in [1.82, 2.24) is 8.87 Å². The lowest BCUT2D eigenvalue weighted by Gasteiger charge is -2.34. The van der Waals surface area contributed by atoms with E-state index in [2.05, 4.69) is 0 Å². The maximum absolute atomic E-state index is 13.6. The maximum atomic E-state index is 13.6. The van der Waals surface area contributed by atoms with Crippen LogP contribution in [0.15, 0.2) is 90.0 Å². The summed E-state index contributed by atoms with van der Waals surface area (Å²) in [6.45, 7) is 0.532. The number of aromatic nitrogens is 1. The lowest BCUT2D eigenvalue weighted by molar-refractivity contribution is 0.0503. The Hall–Kier alpha value is -3.42. The van der Waals surface area contributed by atoms with Gasteiger partial charge in [-0.05, 0) is 55.2 Å². The van der Waals surface area contributed by atoms with E-state index < -0.39 is 10.0 Å². The quantitative estimate of drug-likeness (QED) is 0.461. The number of aliphatic hydroxyl groups is 1. The number of carbonyl (C=O) groups is 1. The highest BCUT2D eigenvalue weighted by atomic mass is 32.2. The van der Waals surface area contributed by atoms with Crippen molar-refractivity contribution in [3.05, 3.63) is 90.6 Å². The molecule has 2 heterocycles. The molecule has 1 amide bonds. The third kappa shape index (κ3) is 3.91. The van der Waals surface area contributed by atoms with Gasteiger partial charge in [-0.3, -0.25) is 4.79 Å². The van der Waals surface area contributed by atoms with Crippen molar-refractivity contribution in [2.75, 3.05) is 13.2 Å². The zero-order valence-corrected chi connectivity index (χ0v) is 19.5. The largest absolute Gasteiger partial charge is 0.394 e. The van der Waals surface area contributed by atoms with E-state index in [1.54, 1.807) is 29.3 Å². The van der Waals surface area contributed by atoms with E-state index in [1.165, 1.54) is 16.1 Å². The third-order valence-corrected chi connectivity index (χ3v) is 8.21. The van der Waals surface area contributed by atoms with Crippen molar-refractivity contribution >= 4 is 26.8 Å². The van der Waals surface area contributed by atoms with Crippen LogP contribution < -0.4 is 0 Å². The van der Waals surface area contributed by atoms with Crippen LogP contribution in [0.2, 0.25) is 0 Å². The predicted molar refractivity (Wildman–Crippen MR) is 132 cm³/mol. The number of hydrogen-bond acceptors (Lipinski definition) is 4. The monoisotopic (exact) mass is 474 g/mol. The molecule has 7 heteroatoms. The normalized spacial score (nSPS) is 16.6. The molecule has 34 heavy (non-hydrogen) atoms. The number of hydrogen-bond donors (Lipinski definition) is 1. The van der Waals surface area contributed by atoms with Crippen LogP contribution in [-0.4, -0.2) is 47.5 Å². The Morgan fingerprint density at radius 2 is 1.62 bits per heavy atom. The summed E-state index contributed by atoms with van der Waals surface area (Å²) in [5, 5.41) is 10.5. The molecular weight excluding hydrogens is 448 g/mol. The number of para-hydroxylation sites is 1. The van der Waals surface area contributed by atoms with E-state index >= 15 is 0 Å². The summed E-state index contributed by atoms with van der Waals surface area (Å²) in [6.07, 6.45) is 4.33. The van der Waals surface area contributed by atoms with Crippen LogP contribution in [0.4, 0.5) is 0 Å². The van der Waals surface area contributed by atoms with E-state index in [1.807, 2.05) is 48.5 Å². The highest BCUT2D eigenvalue weighted by Crippen LogP contribution is 2.33. The van der Waals surface area contributed by atoms with E-state index in [-0.39, 0.29) is 23.5 Å². The summed E-state index contributed by atoms with van der Waals surface area (Å²) in [5.41, 5.74) is 2.79. The summed E-state index contributed by atoms with van der Waals surface area (Å²) in [4.78, 5) is 14.8. The number of fused-ring (bicyclic) bond motifs is 1. The van der Waals surface area contributed by atoms with Crippen molar-refractivity contribution in [3.63, 3.8) is 0 Å². The van der Waals surface area contributed by atoms with Crippen LogP contribution in [0.3, 0.4) is 0 Å². The van der Waals surface area contributed by atoms with Crippen LogP contribution in [0, 0.1) is 0 Å². The number of benzene rings is 3. The van der Waals surface area contributed by atoms with Gasteiger partial charge in [0.25, 0.3) is 15.9 Å². The molecule has 4 aromatic rings. The standard InChI is InChI=1S/C27H26N2O4S/c30-19-22-10-6-7-17-28(22)27(31)21-13-15-23(16-14-21)34(32,33)29-18-25(20-8-2-1-3-9-20)24-11-4-5-12-26(24)29/h1-5,8-9,11-16,18,22,30H,6-7,10,17,19H2. The van der Waals surface area contributed by atoms with Crippen LogP contribution in [0.25, 0.3) is 22.0 Å². The molecule has 174 valence electrons. The first kappa shape index (κ1) is 22.4. The van der Waals surface area contributed by atoms with Crippen LogP contribution in [-0.2, 0) is 10.0 Å². The summed E-state index contributed by atoms with van der Waals surface area (Å²) in [6, 6.07) is 23.0. The Morgan fingerprint density at radius 3 is 2.35 bits per heavy atom. The molecule has 0 spiro atoms. The number of nitrogens with zero attached hydrogens (tertiary/aromatic N) is 2. The topological polar surface area (TPSA) is 79.6 Å². The fourth-order valence-corrected chi connectivity index (χ4v) is 6.07. The first-order chi connectivity index (χ1) is 16.5. The second-order valence-electron chi connectivity index (χ2n) is 8.58. The fraction of sp³-hybridized carbons (Fsp3) is 0.222. The number of amides is 1. The molecule has 1 aliphatic heterocycles. The van der Waals surface area contributed by atoms with E-state index in [0.717, 1.165) is 35.8 Å². The van der Waals surface area contributed by atoms with Gasteiger partial charge in [0.05, 0.1) is 23.1 Å². The molecule has 0 bridgehead atoms. The Morgan fingerprint density at radius 1 is 0.912 bits per heavy atom. The van der Waals surface area contributed by atoms with Crippen molar-refractivity contribution in [2.45, 2.75) is 30.2 Å². The molecule has 1 saturated heterocycles. The minimum absolute atomic E-state index is 0.0668. The molecule has 5 rings (SSSR count). The van der Waals surface area contributed by atoms with Gasteiger partial charge in [-0.1, -0.05) is 48.5 Å². The Kier molecular flexibility index (Phi) is 5.98. The molecule has 1 N–H and O–H groups in total. The fourth-order valence-electron chi connectivity index (χ4n) is 4.70. The van der Waals surface area contributed by atoms with Crippen molar-refractivity contribution in [3.8, 4) is 11.1 Å². The van der Waals surface area contributed by atoms with Crippen molar-refractivity contribution in [1.29, 1.82) is 0 Å². The van der Waals surface area contributed by atoms with Crippen molar-refractivity contribution in [2.24, 2.45) is 0 Å². The van der Waals surface area contributed by atoms with E-state index in [0.29, 0.717) is 17.6 Å². The molecule has 1 fully saturated rings. The van der Waals surface area contributed by atoms with Gasteiger partial charge in [-0.15, -0.1) is 0 Å². The first-order valence-electron chi connectivity index (χ1n) is 11.4. The van der Waals surface area contributed by atoms with Crippen LogP contribution >= 0.6 is 0 Å². The second kappa shape index (κ2) is 9.08. The van der Waals surface area contributed by atoms with Gasteiger partial charge in [0.15, 0.2) is 0 Å². The van der Waals surface area contributed by atoms with Gasteiger partial charge in [0.2, 0.25) is 0 Å². The molecule has 1 aliphatic rings. The molecule has 3 aromatic carbocycles. The third-order valence-electron chi connectivity index (χ3n) is 6.52. The smallest absolute Gasteiger partial charge is 0.268 e. The number of carbonyl (C=O) groups excluding carboxylic acids is 1. The molecular formula is C27H26N2O4S. The SMILES string of the molecule is O=C(c1ccc(S(=O)(=O)n2cc(-c3ccccc3)c3ccccc32)cc1)N1CCCCC1CO. The molecule has 0 saturated carbocycles. The van der Waals surface area contributed by atoms with Gasteiger partial charge in [0, 0.05) is 29.3 Å². The second-order valence-corrected chi connectivity index (χ2v) is 10.4. The molecule has 1 atom stereocenters. The zero-order valence-electron chi connectivity index (χ0n) is 18.7. The minimum Gasteiger partial charge on any atom is -0.394 e. The summed E-state index contributed by atoms with van der Waals surface area (Å²) in [7, 11) is -3.88. The molecule has 1 aromatic heterocycles. The lowest BCUT2D eigenvalue weighted by Crippen LogP contribution is -2.45. The number of likely N-dealkylation sites (tertiary alicyclic amines) is 1. The lowest BCUT2D eigenvalue weighted by atomic mass is 10.0. The molecule has 1 unspecified atom stereocenters. The average molecular weight is 475 g/mol. The van der Waals surface area contributed by atoms with Gasteiger partial charge in [-0.2, -0.15) is 0 Å². The van der Waals surface area contributed by atoms with Crippen LogP contribution in [0.5, 0.6) is 0 Å². The summed E-state index contributed by atoms with van der Waals surface area (Å²) in [5.74, 6) is -0.180. The molecule has 0 aliphatic carbocycles. The number of rotatable bonds is 5. The predicted octanol–water partition coefficient (Wildman–Crippen LogP) is 4.53. The molecule has 0 radical (unpaired) electrons. The Bertz CT molecular complexity index is 1430. The molecule has 6 nitrogen and oxygen atoms in total. The maximum Gasteiger partial charge on any atom is 0.268 e. The summed E-state index contributed by atoms with van der Waals surface area (Å²) >= 11 is 0. The number of aliphatic hydroxyl groups excluding tert-OH is 1. The average Bonchev–Trinajstić information content (AvgIpc) is 3.29.